The Morgan fingerprint density at radius 1 is 1.15 bits per heavy atom. The highest BCUT2D eigenvalue weighted by Gasteiger charge is 2.35. The van der Waals surface area contributed by atoms with Crippen LogP contribution in [-0.4, -0.2) is 71.3 Å². The molecule has 2 fully saturated rings. The molecule has 0 aliphatic carbocycles. The topological polar surface area (TPSA) is 131 Å². The van der Waals surface area contributed by atoms with Crippen LogP contribution in [0.1, 0.15) is 60.1 Å². The van der Waals surface area contributed by atoms with Crippen molar-refractivity contribution in [1.82, 2.24) is 19.8 Å². The number of fused-ring (bicyclic) bond motifs is 1. The number of amides is 3. The molecule has 218 valence electrons. The molecule has 2 unspecified atom stereocenters. The van der Waals surface area contributed by atoms with Crippen molar-refractivity contribution in [1.29, 1.82) is 0 Å². The Morgan fingerprint density at radius 2 is 1.95 bits per heavy atom. The standard InChI is InChI=1S/C30H38N6O4S/c1-17-5-7-24(36(15-17)30(39)28(38)33-21-13-22(27(31)37)29(40-4)32-14-21)20-6-8-25-23(11-20)34-26(41-25)12-19-9-10-35(3)16-18(19)2/h6,8,11,13-14,17-19,24H,5,7,9-10,12,15-16H2,1-4H3,(H2,31,37)(H,33,38)/t17-,18?,19?,24+/m0/s1. The van der Waals surface area contributed by atoms with Crippen LogP contribution in [-0.2, 0) is 16.0 Å². The van der Waals surface area contributed by atoms with Crippen LogP contribution in [0, 0.1) is 17.8 Å². The number of anilines is 1. The third-order valence-corrected chi connectivity index (χ3v) is 9.46. The van der Waals surface area contributed by atoms with Crippen molar-refractivity contribution in [2.45, 2.75) is 45.6 Å². The number of pyridine rings is 1. The van der Waals surface area contributed by atoms with Gasteiger partial charge in [-0.25, -0.2) is 9.97 Å². The SMILES string of the molecule is COc1ncc(NC(=O)C(=O)N2C[C@@H](C)CC[C@@H]2c2ccc3sc(CC4CCN(C)CC4C)nc3c2)cc1C(N)=O. The van der Waals surface area contributed by atoms with E-state index < -0.39 is 17.7 Å². The van der Waals surface area contributed by atoms with E-state index in [1.807, 2.05) is 0 Å². The van der Waals surface area contributed by atoms with Crippen molar-refractivity contribution >= 4 is 45.0 Å². The summed E-state index contributed by atoms with van der Waals surface area (Å²) in [5, 5.41) is 3.74. The lowest BCUT2D eigenvalue weighted by atomic mass is 9.85. The van der Waals surface area contributed by atoms with E-state index in [9.17, 15) is 14.4 Å². The van der Waals surface area contributed by atoms with Crippen molar-refractivity contribution in [2.24, 2.45) is 23.5 Å². The minimum Gasteiger partial charge on any atom is -0.480 e. The van der Waals surface area contributed by atoms with Gasteiger partial charge in [0.15, 0.2) is 0 Å². The fraction of sp³-hybridized carbons (Fsp3) is 0.500. The molecule has 0 saturated carbocycles. The molecule has 4 heterocycles. The number of carbonyl (C=O) groups is 3. The van der Waals surface area contributed by atoms with Gasteiger partial charge in [-0.1, -0.05) is 19.9 Å². The first-order valence-electron chi connectivity index (χ1n) is 14.2. The van der Waals surface area contributed by atoms with Gasteiger partial charge in [0.25, 0.3) is 5.91 Å². The van der Waals surface area contributed by atoms with E-state index >= 15 is 0 Å². The molecule has 3 N–H and O–H groups in total. The molecule has 2 aliphatic rings. The Morgan fingerprint density at radius 3 is 2.68 bits per heavy atom. The van der Waals surface area contributed by atoms with Crippen LogP contribution in [0.15, 0.2) is 30.5 Å². The summed E-state index contributed by atoms with van der Waals surface area (Å²) in [5.74, 6) is -0.585. The molecule has 10 nitrogen and oxygen atoms in total. The number of nitrogens with two attached hydrogens (primary N) is 1. The molecule has 3 aromatic rings. The van der Waals surface area contributed by atoms with E-state index in [1.165, 1.54) is 25.8 Å². The molecule has 4 atom stereocenters. The number of hydrogen-bond acceptors (Lipinski definition) is 8. The van der Waals surface area contributed by atoms with Crippen molar-refractivity contribution in [2.75, 3.05) is 39.1 Å². The number of thiazole rings is 1. The number of nitrogens with zero attached hydrogens (tertiary/aromatic N) is 4. The van der Waals surface area contributed by atoms with Gasteiger partial charge in [0.2, 0.25) is 5.88 Å². The predicted octanol–water partition coefficient (Wildman–Crippen LogP) is 3.87. The Kier molecular flexibility index (Phi) is 8.55. The fourth-order valence-corrected chi connectivity index (χ4v) is 7.16. The second-order valence-corrected chi connectivity index (χ2v) is 12.7. The zero-order valence-corrected chi connectivity index (χ0v) is 24.9. The molecule has 0 spiro atoms. The summed E-state index contributed by atoms with van der Waals surface area (Å²) in [5.41, 5.74) is 7.55. The van der Waals surface area contributed by atoms with Gasteiger partial charge in [-0.05, 0) is 74.4 Å². The minimum absolute atomic E-state index is 0.0171. The monoisotopic (exact) mass is 578 g/mol. The fourth-order valence-electron chi connectivity index (χ4n) is 6.12. The van der Waals surface area contributed by atoms with E-state index in [-0.39, 0.29) is 29.1 Å². The quantitative estimate of drug-likeness (QED) is 0.425. The molecule has 0 radical (unpaired) electrons. The second-order valence-electron chi connectivity index (χ2n) is 11.6. The number of aromatic nitrogens is 2. The number of primary amides is 1. The molecule has 1 aromatic carbocycles. The first kappa shape index (κ1) is 28.9. The third kappa shape index (κ3) is 6.36. The molecule has 2 saturated heterocycles. The van der Waals surface area contributed by atoms with Gasteiger partial charge in [-0.2, -0.15) is 0 Å². The lowest BCUT2D eigenvalue weighted by Gasteiger charge is -2.38. The number of benzene rings is 1. The summed E-state index contributed by atoms with van der Waals surface area (Å²) in [7, 11) is 3.56. The van der Waals surface area contributed by atoms with Crippen LogP contribution in [0.25, 0.3) is 10.2 Å². The first-order valence-corrected chi connectivity index (χ1v) is 15.0. The van der Waals surface area contributed by atoms with Gasteiger partial charge in [0, 0.05) is 19.5 Å². The smallest absolute Gasteiger partial charge is 0.313 e. The maximum atomic E-state index is 13.5. The molecule has 3 amide bonds. The average molecular weight is 579 g/mol. The van der Waals surface area contributed by atoms with Crippen LogP contribution >= 0.6 is 11.3 Å². The average Bonchev–Trinajstić information content (AvgIpc) is 3.35. The van der Waals surface area contributed by atoms with Crippen LogP contribution in [0.2, 0.25) is 0 Å². The Hall–Kier alpha value is -3.57. The molecule has 41 heavy (non-hydrogen) atoms. The maximum absolute atomic E-state index is 13.5. The van der Waals surface area contributed by atoms with Gasteiger partial charge in [0.05, 0.1) is 40.3 Å². The summed E-state index contributed by atoms with van der Waals surface area (Å²) < 4.78 is 6.20. The summed E-state index contributed by atoms with van der Waals surface area (Å²) >= 11 is 1.75. The number of piperidine rings is 2. The maximum Gasteiger partial charge on any atom is 0.313 e. The summed E-state index contributed by atoms with van der Waals surface area (Å²) in [6.45, 7) is 7.14. The number of likely N-dealkylation sites (tertiary alicyclic amines) is 2. The van der Waals surface area contributed by atoms with Crippen molar-refractivity contribution < 1.29 is 19.1 Å². The summed E-state index contributed by atoms with van der Waals surface area (Å²) in [6, 6.07) is 7.37. The van der Waals surface area contributed by atoms with Crippen molar-refractivity contribution in [3.63, 3.8) is 0 Å². The minimum atomic E-state index is -0.796. The van der Waals surface area contributed by atoms with E-state index in [4.69, 9.17) is 15.5 Å². The molecule has 2 aromatic heterocycles. The number of rotatable bonds is 6. The number of methoxy groups -OCH3 is 1. The van der Waals surface area contributed by atoms with Gasteiger partial charge >= 0.3 is 11.8 Å². The van der Waals surface area contributed by atoms with E-state index in [1.54, 1.807) is 16.2 Å². The number of ether oxygens (including phenoxy) is 1. The molecule has 11 heteroatoms. The van der Waals surface area contributed by atoms with E-state index in [2.05, 4.69) is 54.3 Å². The predicted molar refractivity (Wildman–Crippen MR) is 159 cm³/mol. The number of hydrogen-bond donors (Lipinski definition) is 2. The first-order chi connectivity index (χ1) is 19.6. The number of nitrogens with one attached hydrogen (secondary N) is 1. The largest absolute Gasteiger partial charge is 0.480 e. The summed E-state index contributed by atoms with van der Waals surface area (Å²) in [6.07, 6.45) is 5.22. The number of carbonyl (C=O) groups excluding carboxylic acids is 3. The van der Waals surface area contributed by atoms with Gasteiger partial charge < -0.3 is 25.6 Å². The van der Waals surface area contributed by atoms with Crippen LogP contribution in [0.5, 0.6) is 5.88 Å². The lowest BCUT2D eigenvalue weighted by Crippen LogP contribution is -2.46. The van der Waals surface area contributed by atoms with Crippen LogP contribution in [0.4, 0.5) is 5.69 Å². The highest BCUT2D eigenvalue weighted by atomic mass is 32.1. The normalized spacial score (nSPS) is 23.4. The highest BCUT2D eigenvalue weighted by molar-refractivity contribution is 7.18. The van der Waals surface area contributed by atoms with Gasteiger partial charge in [-0.15, -0.1) is 11.3 Å². The van der Waals surface area contributed by atoms with E-state index in [0.29, 0.717) is 18.4 Å². The van der Waals surface area contributed by atoms with Gasteiger partial charge in [-0.3, -0.25) is 14.4 Å². The molecule has 5 rings (SSSR count). The van der Waals surface area contributed by atoms with Crippen LogP contribution < -0.4 is 15.8 Å². The Bertz CT molecular complexity index is 1460. The summed E-state index contributed by atoms with van der Waals surface area (Å²) in [4.78, 5) is 51.4. The zero-order chi connectivity index (χ0) is 29.3. The highest BCUT2D eigenvalue weighted by Crippen LogP contribution is 2.36. The molecular weight excluding hydrogens is 540 g/mol. The third-order valence-electron chi connectivity index (χ3n) is 8.40. The van der Waals surface area contributed by atoms with Gasteiger partial charge in [0.1, 0.15) is 5.56 Å². The van der Waals surface area contributed by atoms with Crippen LogP contribution in [0.3, 0.4) is 0 Å². The van der Waals surface area contributed by atoms with Crippen molar-refractivity contribution in [3.8, 4) is 5.88 Å². The second kappa shape index (κ2) is 12.1. The van der Waals surface area contributed by atoms with Crippen molar-refractivity contribution in [3.05, 3.63) is 46.6 Å². The Balaban J connectivity index is 1.33. The molecule has 2 aliphatic heterocycles. The zero-order valence-electron chi connectivity index (χ0n) is 24.1. The van der Waals surface area contributed by atoms with E-state index in [0.717, 1.165) is 53.1 Å². The Labute approximate surface area is 244 Å². The molecule has 0 bridgehead atoms. The molecular formula is C30H38N6O4S. The lowest BCUT2D eigenvalue weighted by molar-refractivity contribution is -0.146.